The Balaban J connectivity index is 3.39. The Labute approximate surface area is 88.7 Å². The number of aliphatic hydroxyl groups is 1. The van der Waals surface area contributed by atoms with Gasteiger partial charge in [0, 0.05) is 12.5 Å². The molecule has 0 spiro atoms. The standard InChI is InChI=1S/C10H16O5/c1-3-9(12)14-6-4-5-10(13)15-7-8(2)11/h3,8,11H,1,4-7H2,2H3. The van der Waals surface area contributed by atoms with Gasteiger partial charge in [-0.05, 0) is 13.3 Å². The number of carbonyl (C=O) groups is 2. The van der Waals surface area contributed by atoms with Gasteiger partial charge in [-0.2, -0.15) is 0 Å². The normalized spacial score (nSPS) is 11.6. The minimum absolute atomic E-state index is 0.00865. The molecule has 0 aromatic heterocycles. The van der Waals surface area contributed by atoms with E-state index in [1.165, 1.54) is 6.92 Å². The number of hydrogen-bond donors (Lipinski definition) is 1. The molecule has 86 valence electrons. The molecular weight excluding hydrogens is 200 g/mol. The Hall–Kier alpha value is -1.36. The van der Waals surface area contributed by atoms with Crippen molar-refractivity contribution in [1.29, 1.82) is 0 Å². The van der Waals surface area contributed by atoms with Gasteiger partial charge in [0.05, 0.1) is 12.7 Å². The van der Waals surface area contributed by atoms with Crippen molar-refractivity contribution < 1.29 is 24.2 Å². The van der Waals surface area contributed by atoms with Crippen LogP contribution in [0.2, 0.25) is 0 Å². The van der Waals surface area contributed by atoms with Crippen LogP contribution >= 0.6 is 0 Å². The van der Waals surface area contributed by atoms with Crippen molar-refractivity contribution >= 4 is 11.9 Å². The summed E-state index contributed by atoms with van der Waals surface area (Å²) in [7, 11) is 0. The van der Waals surface area contributed by atoms with E-state index in [1.54, 1.807) is 0 Å². The fraction of sp³-hybridized carbons (Fsp3) is 0.600. The lowest BCUT2D eigenvalue weighted by molar-refractivity contribution is -0.147. The molecule has 0 aliphatic rings. The molecule has 0 aliphatic carbocycles. The van der Waals surface area contributed by atoms with Gasteiger partial charge in [0.2, 0.25) is 0 Å². The van der Waals surface area contributed by atoms with Gasteiger partial charge in [-0.25, -0.2) is 4.79 Å². The summed E-state index contributed by atoms with van der Waals surface area (Å²) in [5.74, 6) is -0.919. The number of rotatable bonds is 7. The highest BCUT2D eigenvalue weighted by Crippen LogP contribution is 1.95. The van der Waals surface area contributed by atoms with Gasteiger partial charge in [0.15, 0.2) is 0 Å². The van der Waals surface area contributed by atoms with Crippen molar-refractivity contribution in [1.82, 2.24) is 0 Å². The molecule has 0 radical (unpaired) electrons. The summed E-state index contributed by atoms with van der Waals surface area (Å²) in [6.07, 6.45) is 0.966. The maximum atomic E-state index is 11.0. The number of carbonyl (C=O) groups excluding carboxylic acids is 2. The van der Waals surface area contributed by atoms with Gasteiger partial charge in [0.25, 0.3) is 0 Å². The van der Waals surface area contributed by atoms with E-state index >= 15 is 0 Å². The Morgan fingerprint density at radius 3 is 2.67 bits per heavy atom. The van der Waals surface area contributed by atoms with Crippen molar-refractivity contribution in [3.8, 4) is 0 Å². The average molecular weight is 216 g/mol. The van der Waals surface area contributed by atoms with E-state index in [0.29, 0.717) is 6.42 Å². The summed E-state index contributed by atoms with van der Waals surface area (Å²) in [6, 6.07) is 0. The monoisotopic (exact) mass is 216 g/mol. The molecule has 1 N–H and O–H groups in total. The highest BCUT2D eigenvalue weighted by atomic mass is 16.5. The SMILES string of the molecule is C=CC(=O)OCCCC(=O)OCC(C)O. The van der Waals surface area contributed by atoms with E-state index in [9.17, 15) is 9.59 Å². The first kappa shape index (κ1) is 13.6. The molecule has 0 bridgehead atoms. The van der Waals surface area contributed by atoms with Crippen LogP contribution < -0.4 is 0 Å². The first-order chi connectivity index (χ1) is 7.06. The minimum atomic E-state index is -0.660. The largest absolute Gasteiger partial charge is 0.463 e. The predicted octanol–water partition coefficient (Wildman–Crippen LogP) is 0.420. The molecule has 0 saturated heterocycles. The quantitative estimate of drug-likeness (QED) is 0.379. The van der Waals surface area contributed by atoms with E-state index in [4.69, 9.17) is 5.11 Å². The molecule has 15 heavy (non-hydrogen) atoms. The van der Waals surface area contributed by atoms with Crippen molar-refractivity contribution in [2.24, 2.45) is 0 Å². The summed E-state index contributed by atoms with van der Waals surface area (Å²) < 4.78 is 9.34. The van der Waals surface area contributed by atoms with Crippen LogP contribution in [0.3, 0.4) is 0 Å². The smallest absolute Gasteiger partial charge is 0.330 e. The Bertz CT molecular complexity index is 222. The fourth-order valence-corrected chi connectivity index (χ4v) is 0.734. The van der Waals surface area contributed by atoms with E-state index in [1.807, 2.05) is 0 Å². The van der Waals surface area contributed by atoms with Crippen LogP contribution in [0.4, 0.5) is 0 Å². The maximum Gasteiger partial charge on any atom is 0.330 e. The van der Waals surface area contributed by atoms with Crippen LogP contribution in [-0.4, -0.2) is 36.4 Å². The maximum absolute atomic E-state index is 11.0. The highest BCUT2D eigenvalue weighted by Gasteiger charge is 2.05. The molecular formula is C10H16O5. The third-order valence-electron chi connectivity index (χ3n) is 1.42. The molecule has 0 aromatic rings. The zero-order valence-corrected chi connectivity index (χ0v) is 8.77. The van der Waals surface area contributed by atoms with Crippen LogP contribution in [0.25, 0.3) is 0 Å². The molecule has 0 amide bonds. The summed E-state index contributed by atoms with van der Waals surface area (Å²) in [5, 5.41) is 8.82. The molecule has 1 atom stereocenters. The molecule has 1 unspecified atom stereocenters. The molecule has 0 rings (SSSR count). The number of hydrogen-bond acceptors (Lipinski definition) is 5. The number of aliphatic hydroxyl groups excluding tert-OH is 1. The number of esters is 2. The first-order valence-electron chi connectivity index (χ1n) is 4.69. The molecule has 0 saturated carbocycles. The highest BCUT2D eigenvalue weighted by molar-refractivity contribution is 5.81. The second-order valence-electron chi connectivity index (χ2n) is 3.01. The summed E-state index contributed by atoms with van der Waals surface area (Å²) in [4.78, 5) is 21.5. The summed E-state index contributed by atoms with van der Waals surface area (Å²) >= 11 is 0. The first-order valence-corrected chi connectivity index (χ1v) is 4.69. The van der Waals surface area contributed by atoms with Gasteiger partial charge >= 0.3 is 11.9 Å². The molecule has 0 heterocycles. The van der Waals surface area contributed by atoms with Gasteiger partial charge in [0.1, 0.15) is 6.61 Å². The lowest BCUT2D eigenvalue weighted by atomic mass is 10.3. The van der Waals surface area contributed by atoms with Crippen molar-refractivity contribution in [3.63, 3.8) is 0 Å². The van der Waals surface area contributed by atoms with E-state index in [2.05, 4.69) is 16.1 Å². The van der Waals surface area contributed by atoms with E-state index < -0.39 is 18.0 Å². The Morgan fingerprint density at radius 2 is 2.13 bits per heavy atom. The van der Waals surface area contributed by atoms with Gasteiger partial charge in [-0.3, -0.25) is 4.79 Å². The Morgan fingerprint density at radius 1 is 1.47 bits per heavy atom. The van der Waals surface area contributed by atoms with Crippen LogP contribution in [0.5, 0.6) is 0 Å². The molecule has 5 heteroatoms. The zero-order valence-electron chi connectivity index (χ0n) is 8.77. The molecule has 0 aromatic carbocycles. The van der Waals surface area contributed by atoms with Gasteiger partial charge < -0.3 is 14.6 Å². The van der Waals surface area contributed by atoms with Gasteiger partial charge in [-0.1, -0.05) is 6.58 Å². The third-order valence-corrected chi connectivity index (χ3v) is 1.42. The van der Waals surface area contributed by atoms with Gasteiger partial charge in [-0.15, -0.1) is 0 Å². The minimum Gasteiger partial charge on any atom is -0.463 e. The van der Waals surface area contributed by atoms with Crippen LogP contribution in [0.1, 0.15) is 19.8 Å². The lowest BCUT2D eigenvalue weighted by Gasteiger charge is -2.06. The van der Waals surface area contributed by atoms with Crippen LogP contribution in [0.15, 0.2) is 12.7 Å². The second kappa shape index (κ2) is 7.99. The zero-order chi connectivity index (χ0) is 11.7. The number of ether oxygens (including phenoxy) is 2. The van der Waals surface area contributed by atoms with Crippen LogP contribution in [-0.2, 0) is 19.1 Å². The van der Waals surface area contributed by atoms with Crippen molar-refractivity contribution in [3.05, 3.63) is 12.7 Å². The lowest BCUT2D eigenvalue weighted by Crippen LogP contribution is -2.15. The van der Waals surface area contributed by atoms with Crippen molar-refractivity contribution in [2.45, 2.75) is 25.9 Å². The van der Waals surface area contributed by atoms with Crippen molar-refractivity contribution in [2.75, 3.05) is 13.2 Å². The fourth-order valence-electron chi connectivity index (χ4n) is 0.734. The second-order valence-corrected chi connectivity index (χ2v) is 3.01. The topological polar surface area (TPSA) is 72.8 Å². The summed E-state index contributed by atoms with van der Waals surface area (Å²) in [5.41, 5.74) is 0. The molecule has 5 nitrogen and oxygen atoms in total. The molecule has 0 fully saturated rings. The average Bonchev–Trinajstić information content (AvgIpc) is 2.21. The predicted molar refractivity (Wildman–Crippen MR) is 53.0 cm³/mol. The third kappa shape index (κ3) is 8.96. The molecule has 0 aliphatic heterocycles. The summed E-state index contributed by atoms with van der Waals surface area (Å²) in [6.45, 7) is 4.91. The van der Waals surface area contributed by atoms with E-state index in [-0.39, 0.29) is 19.6 Å². The Kier molecular flexibility index (Phi) is 7.27. The van der Waals surface area contributed by atoms with E-state index in [0.717, 1.165) is 6.08 Å². The van der Waals surface area contributed by atoms with Crippen LogP contribution in [0, 0.1) is 0 Å².